The van der Waals surface area contributed by atoms with Gasteiger partial charge in [0.05, 0.1) is 29.0 Å². The van der Waals surface area contributed by atoms with Crippen LogP contribution in [-0.2, 0) is 4.74 Å². The molecule has 0 saturated carbocycles. The second-order valence-corrected chi connectivity index (χ2v) is 5.73. The third-order valence-corrected chi connectivity index (χ3v) is 2.95. The Bertz CT molecular complexity index is 602. The molecule has 2 heterocycles. The number of hydrogen-bond donors (Lipinski definition) is 2. The summed E-state index contributed by atoms with van der Waals surface area (Å²) in [6, 6.07) is 1.88. The van der Waals surface area contributed by atoms with E-state index in [2.05, 4.69) is 15.3 Å². The average molecular weight is 275 g/mol. The van der Waals surface area contributed by atoms with Gasteiger partial charge in [-0.1, -0.05) is 0 Å². The number of carbonyl (C=O) groups excluding carboxylic acids is 1. The molecule has 0 saturated heterocycles. The Balaban J connectivity index is 2.07. The predicted molar refractivity (Wildman–Crippen MR) is 78.7 cm³/mol. The Kier molecular flexibility index (Phi) is 4.09. The molecule has 0 unspecified atom stereocenters. The minimum absolute atomic E-state index is 0.122. The largest absolute Gasteiger partial charge is 0.371 e. The van der Waals surface area contributed by atoms with Crippen LogP contribution < -0.4 is 5.32 Å². The lowest BCUT2D eigenvalue weighted by molar-refractivity contribution is -0.0527. The van der Waals surface area contributed by atoms with E-state index in [9.17, 15) is 4.79 Å². The van der Waals surface area contributed by atoms with Crippen molar-refractivity contribution in [1.82, 2.24) is 15.3 Å². The highest BCUT2D eigenvalue weighted by Gasteiger charge is 2.22. The minimum atomic E-state index is -0.400. The molecule has 0 aliphatic rings. The summed E-state index contributed by atoms with van der Waals surface area (Å²) in [7, 11) is 0. The maximum absolute atomic E-state index is 12.3. The topological polar surface area (TPSA) is 67.0 Å². The van der Waals surface area contributed by atoms with E-state index in [0.29, 0.717) is 12.1 Å². The molecule has 0 bridgehead atoms. The third-order valence-electron chi connectivity index (χ3n) is 2.95. The highest BCUT2D eigenvalue weighted by atomic mass is 16.5. The van der Waals surface area contributed by atoms with Gasteiger partial charge in [-0.05, 0) is 33.8 Å². The molecule has 5 nitrogen and oxygen atoms in total. The minimum Gasteiger partial charge on any atom is -0.371 e. The molecule has 0 atom stereocenters. The standard InChI is InChI=1S/C15H21N3O2/c1-10(2)20-15(3,4)9-18-14(19)12-7-16-8-13-11(12)5-6-17-13/h5-8,10,17H,9H2,1-4H3,(H,18,19). The molecule has 0 radical (unpaired) electrons. The van der Waals surface area contributed by atoms with Gasteiger partial charge >= 0.3 is 0 Å². The normalized spacial score (nSPS) is 12.1. The lowest BCUT2D eigenvalue weighted by Gasteiger charge is -2.28. The summed E-state index contributed by atoms with van der Waals surface area (Å²) in [4.78, 5) is 19.4. The zero-order valence-electron chi connectivity index (χ0n) is 12.4. The molecule has 2 aromatic rings. The number of aromatic amines is 1. The fourth-order valence-electron chi connectivity index (χ4n) is 2.23. The number of hydrogen-bond acceptors (Lipinski definition) is 3. The molecule has 0 aliphatic carbocycles. The number of rotatable bonds is 5. The second kappa shape index (κ2) is 5.63. The lowest BCUT2D eigenvalue weighted by Crippen LogP contribution is -2.41. The van der Waals surface area contributed by atoms with Crippen LogP contribution in [0.1, 0.15) is 38.1 Å². The van der Waals surface area contributed by atoms with Gasteiger partial charge in [-0.25, -0.2) is 0 Å². The van der Waals surface area contributed by atoms with Gasteiger partial charge in [-0.15, -0.1) is 0 Å². The van der Waals surface area contributed by atoms with E-state index in [0.717, 1.165) is 10.9 Å². The van der Waals surface area contributed by atoms with Crippen molar-refractivity contribution in [2.24, 2.45) is 0 Å². The SMILES string of the molecule is CC(C)OC(C)(C)CNC(=O)c1cncc2[nH]ccc12. The number of nitrogens with one attached hydrogen (secondary N) is 2. The van der Waals surface area contributed by atoms with Crippen LogP contribution in [0.25, 0.3) is 10.9 Å². The fraction of sp³-hybridized carbons (Fsp3) is 0.467. The van der Waals surface area contributed by atoms with Gasteiger partial charge < -0.3 is 15.0 Å². The molecule has 2 aromatic heterocycles. The summed E-state index contributed by atoms with van der Waals surface area (Å²) >= 11 is 0. The monoisotopic (exact) mass is 275 g/mol. The Morgan fingerprint density at radius 3 is 2.90 bits per heavy atom. The summed E-state index contributed by atoms with van der Waals surface area (Å²) in [5.74, 6) is -0.136. The molecule has 2 N–H and O–H groups in total. The molecule has 0 aromatic carbocycles. The van der Waals surface area contributed by atoms with Gasteiger partial charge in [0.15, 0.2) is 0 Å². The quantitative estimate of drug-likeness (QED) is 0.881. The molecule has 5 heteroatoms. The smallest absolute Gasteiger partial charge is 0.253 e. The lowest BCUT2D eigenvalue weighted by atomic mass is 10.1. The average Bonchev–Trinajstić information content (AvgIpc) is 2.82. The van der Waals surface area contributed by atoms with Gasteiger partial charge in [-0.2, -0.15) is 0 Å². The van der Waals surface area contributed by atoms with Gasteiger partial charge in [0, 0.05) is 24.3 Å². The van der Waals surface area contributed by atoms with Gasteiger partial charge in [0.25, 0.3) is 5.91 Å². The molecular formula is C15H21N3O2. The third kappa shape index (κ3) is 3.36. The van der Waals surface area contributed by atoms with E-state index in [-0.39, 0.29) is 12.0 Å². The zero-order valence-corrected chi connectivity index (χ0v) is 12.4. The van der Waals surface area contributed by atoms with Crippen molar-refractivity contribution in [3.05, 3.63) is 30.2 Å². The molecule has 108 valence electrons. The van der Waals surface area contributed by atoms with Crippen LogP contribution in [0.5, 0.6) is 0 Å². The number of fused-ring (bicyclic) bond motifs is 1. The van der Waals surface area contributed by atoms with Gasteiger partial charge in [-0.3, -0.25) is 9.78 Å². The first-order valence-corrected chi connectivity index (χ1v) is 6.76. The van der Waals surface area contributed by atoms with E-state index in [1.54, 1.807) is 18.6 Å². The van der Waals surface area contributed by atoms with Crippen LogP contribution in [0.2, 0.25) is 0 Å². The Morgan fingerprint density at radius 2 is 2.20 bits per heavy atom. The van der Waals surface area contributed by atoms with Crippen molar-refractivity contribution < 1.29 is 9.53 Å². The first-order chi connectivity index (χ1) is 9.39. The fourth-order valence-corrected chi connectivity index (χ4v) is 2.23. The summed E-state index contributed by atoms with van der Waals surface area (Å²) < 4.78 is 5.76. The van der Waals surface area contributed by atoms with E-state index >= 15 is 0 Å². The van der Waals surface area contributed by atoms with Gasteiger partial charge in [0.2, 0.25) is 0 Å². The molecule has 2 rings (SSSR count). The van der Waals surface area contributed by atoms with Crippen molar-refractivity contribution in [3.8, 4) is 0 Å². The van der Waals surface area contributed by atoms with Crippen LogP contribution in [0.3, 0.4) is 0 Å². The van der Waals surface area contributed by atoms with Crippen molar-refractivity contribution in [2.45, 2.75) is 39.4 Å². The first-order valence-electron chi connectivity index (χ1n) is 6.76. The Hall–Kier alpha value is -1.88. The van der Waals surface area contributed by atoms with Crippen LogP contribution in [0.4, 0.5) is 0 Å². The number of amides is 1. The van der Waals surface area contributed by atoms with Crippen molar-refractivity contribution in [3.63, 3.8) is 0 Å². The van der Waals surface area contributed by atoms with Crippen LogP contribution in [0.15, 0.2) is 24.7 Å². The summed E-state index contributed by atoms with van der Waals surface area (Å²) in [5.41, 5.74) is 1.03. The maximum Gasteiger partial charge on any atom is 0.253 e. The molecular weight excluding hydrogens is 254 g/mol. The number of nitrogens with zero attached hydrogens (tertiary/aromatic N) is 1. The molecule has 1 amide bonds. The highest BCUT2D eigenvalue weighted by Crippen LogP contribution is 2.16. The Labute approximate surface area is 118 Å². The van der Waals surface area contributed by atoms with E-state index in [4.69, 9.17) is 4.74 Å². The summed E-state index contributed by atoms with van der Waals surface area (Å²) in [6.07, 6.45) is 5.21. The number of ether oxygens (including phenoxy) is 1. The number of pyridine rings is 1. The number of H-pyrrole nitrogens is 1. The molecule has 0 aliphatic heterocycles. The van der Waals surface area contributed by atoms with Crippen molar-refractivity contribution >= 4 is 16.8 Å². The summed E-state index contributed by atoms with van der Waals surface area (Å²) in [6.45, 7) is 8.33. The van der Waals surface area contributed by atoms with Crippen LogP contribution >= 0.6 is 0 Å². The van der Waals surface area contributed by atoms with Gasteiger partial charge in [0.1, 0.15) is 0 Å². The van der Waals surface area contributed by atoms with E-state index in [1.807, 2.05) is 33.8 Å². The number of carbonyl (C=O) groups is 1. The number of aromatic nitrogens is 2. The summed E-state index contributed by atoms with van der Waals surface area (Å²) in [5, 5.41) is 3.78. The van der Waals surface area contributed by atoms with Crippen molar-refractivity contribution in [1.29, 1.82) is 0 Å². The second-order valence-electron chi connectivity index (χ2n) is 5.73. The van der Waals surface area contributed by atoms with Crippen LogP contribution in [0, 0.1) is 0 Å². The molecule has 20 heavy (non-hydrogen) atoms. The van der Waals surface area contributed by atoms with E-state index in [1.165, 1.54) is 0 Å². The first kappa shape index (κ1) is 14.5. The molecule has 0 spiro atoms. The highest BCUT2D eigenvalue weighted by molar-refractivity contribution is 6.05. The maximum atomic E-state index is 12.3. The van der Waals surface area contributed by atoms with Crippen LogP contribution in [-0.4, -0.2) is 34.1 Å². The Morgan fingerprint density at radius 1 is 1.45 bits per heavy atom. The zero-order chi connectivity index (χ0) is 14.8. The van der Waals surface area contributed by atoms with E-state index < -0.39 is 5.60 Å². The van der Waals surface area contributed by atoms with Crippen molar-refractivity contribution in [2.75, 3.05) is 6.54 Å². The molecule has 0 fully saturated rings. The predicted octanol–water partition coefficient (Wildman–Crippen LogP) is 2.50.